The molecule has 2 aromatic heterocycles. The highest BCUT2D eigenvalue weighted by Gasteiger charge is 2.09. The summed E-state index contributed by atoms with van der Waals surface area (Å²) in [6, 6.07) is 10.2. The molecule has 0 radical (unpaired) electrons. The third-order valence-corrected chi connectivity index (χ3v) is 3.97. The summed E-state index contributed by atoms with van der Waals surface area (Å²) in [5.41, 5.74) is 1.16. The Kier molecular flexibility index (Phi) is 3.61. The fourth-order valence-electron chi connectivity index (χ4n) is 1.69. The minimum atomic E-state index is 0.826. The summed E-state index contributed by atoms with van der Waals surface area (Å²) in [5, 5.41) is 13.7. The van der Waals surface area contributed by atoms with Crippen molar-refractivity contribution in [1.82, 2.24) is 19.8 Å². The van der Waals surface area contributed by atoms with Gasteiger partial charge in [-0.2, -0.15) is 21.4 Å². The number of hydrogen-bond acceptors (Lipinski definition) is 5. The zero-order valence-corrected chi connectivity index (χ0v) is 12.0. The lowest BCUT2D eigenvalue weighted by molar-refractivity contribution is 0.881. The molecular formula is C13H12N4S2. The van der Waals surface area contributed by atoms with Gasteiger partial charge in [-0.25, -0.2) is 0 Å². The van der Waals surface area contributed by atoms with E-state index in [1.54, 1.807) is 23.1 Å². The van der Waals surface area contributed by atoms with Crippen molar-refractivity contribution in [2.45, 2.75) is 5.75 Å². The zero-order chi connectivity index (χ0) is 13.1. The highest BCUT2D eigenvalue weighted by Crippen LogP contribution is 2.18. The van der Waals surface area contributed by atoms with Crippen LogP contribution in [0, 0.1) is 0 Å². The summed E-state index contributed by atoms with van der Waals surface area (Å²) in [6.07, 6.45) is 6.11. The molecule has 0 spiro atoms. The van der Waals surface area contributed by atoms with Crippen molar-refractivity contribution in [2.24, 2.45) is 0 Å². The first-order valence-electron chi connectivity index (χ1n) is 5.80. The van der Waals surface area contributed by atoms with Gasteiger partial charge in [0.15, 0.2) is 5.82 Å². The van der Waals surface area contributed by atoms with E-state index >= 15 is 0 Å². The molecule has 3 rings (SSSR count). The van der Waals surface area contributed by atoms with Gasteiger partial charge in [-0.05, 0) is 17.9 Å². The first kappa shape index (κ1) is 12.4. The van der Waals surface area contributed by atoms with Crippen LogP contribution < -0.4 is 0 Å². The third-order valence-electron chi connectivity index (χ3n) is 2.56. The van der Waals surface area contributed by atoms with Crippen molar-refractivity contribution >= 4 is 40.2 Å². The Morgan fingerprint density at radius 2 is 2.05 bits per heavy atom. The summed E-state index contributed by atoms with van der Waals surface area (Å²) in [5.74, 6) is 1.73. The van der Waals surface area contributed by atoms with Crippen LogP contribution in [-0.4, -0.2) is 26.1 Å². The maximum Gasteiger partial charge on any atom is 0.234 e. The van der Waals surface area contributed by atoms with E-state index in [9.17, 15) is 0 Å². The summed E-state index contributed by atoms with van der Waals surface area (Å²) in [7, 11) is 0. The largest absolute Gasteiger partial charge is 0.234 e. The first-order chi connectivity index (χ1) is 9.36. The van der Waals surface area contributed by atoms with Crippen molar-refractivity contribution in [2.75, 3.05) is 6.26 Å². The Labute approximate surface area is 119 Å². The van der Waals surface area contributed by atoms with Crippen molar-refractivity contribution in [3.05, 3.63) is 46.7 Å². The minimum absolute atomic E-state index is 0.826. The van der Waals surface area contributed by atoms with Crippen LogP contribution in [-0.2, 0) is 5.75 Å². The molecule has 19 heavy (non-hydrogen) atoms. The van der Waals surface area contributed by atoms with E-state index in [0.717, 1.165) is 27.1 Å². The quantitative estimate of drug-likeness (QED) is 0.739. The molecule has 4 nitrogen and oxygen atoms in total. The minimum Gasteiger partial charge on any atom is -0.186 e. The van der Waals surface area contributed by atoms with Gasteiger partial charge in [-0.3, -0.25) is 0 Å². The van der Waals surface area contributed by atoms with Gasteiger partial charge in [0.25, 0.3) is 0 Å². The smallest absolute Gasteiger partial charge is 0.186 e. The lowest BCUT2D eigenvalue weighted by Gasteiger charge is -1.91. The Bertz CT molecular complexity index is 700. The van der Waals surface area contributed by atoms with Crippen molar-refractivity contribution < 1.29 is 0 Å². The molecule has 0 N–H and O–H groups in total. The molecule has 0 fully saturated rings. The second-order valence-electron chi connectivity index (χ2n) is 3.93. The molecule has 96 valence electrons. The zero-order valence-electron chi connectivity index (χ0n) is 10.4. The molecule has 6 heteroatoms. The molecule has 0 aliphatic heterocycles. The first-order valence-corrected chi connectivity index (χ1v) is 8.01. The summed E-state index contributed by atoms with van der Waals surface area (Å²) >= 11 is 3.26. The van der Waals surface area contributed by atoms with Crippen LogP contribution in [0.2, 0.25) is 0 Å². The number of fused-ring (bicyclic) bond motifs is 1. The molecule has 2 heterocycles. The Morgan fingerprint density at radius 3 is 2.84 bits per heavy atom. The fraction of sp³-hybridized carbons (Fsp3) is 0.154. The van der Waals surface area contributed by atoms with Gasteiger partial charge in [-0.15, -0.1) is 10.2 Å². The number of nitrogens with zero attached hydrogens (tertiary/aromatic N) is 4. The topological polar surface area (TPSA) is 43.1 Å². The van der Waals surface area contributed by atoms with E-state index < -0.39 is 0 Å². The van der Waals surface area contributed by atoms with Gasteiger partial charge in [0.1, 0.15) is 5.01 Å². The predicted molar refractivity (Wildman–Crippen MR) is 81.2 cm³/mol. The molecule has 0 aliphatic rings. The second kappa shape index (κ2) is 5.54. The van der Waals surface area contributed by atoms with Crippen LogP contribution in [0.3, 0.4) is 0 Å². The lowest BCUT2D eigenvalue weighted by atomic mass is 10.2. The normalized spacial score (nSPS) is 11.6. The standard InChI is InChI=1S/C13H12N4S2/c1-18-9-11-14-15-13-17(11)16-12(19-13)8-7-10-5-3-2-4-6-10/h2-8H,9H2,1H3. The van der Waals surface area contributed by atoms with Crippen LogP contribution in [0.1, 0.15) is 16.4 Å². The van der Waals surface area contributed by atoms with Gasteiger partial charge in [-0.1, -0.05) is 47.7 Å². The van der Waals surface area contributed by atoms with Gasteiger partial charge in [0.2, 0.25) is 4.96 Å². The second-order valence-corrected chi connectivity index (χ2v) is 5.78. The third kappa shape index (κ3) is 2.69. The van der Waals surface area contributed by atoms with Crippen molar-refractivity contribution in [1.29, 1.82) is 0 Å². The Hall–Kier alpha value is -1.66. The molecule has 0 amide bonds. The van der Waals surface area contributed by atoms with E-state index in [1.807, 2.05) is 35.0 Å². The van der Waals surface area contributed by atoms with E-state index in [0.29, 0.717) is 0 Å². The molecule has 1 aromatic carbocycles. The van der Waals surface area contributed by atoms with Crippen LogP contribution in [0.25, 0.3) is 17.1 Å². The number of hydrogen-bond donors (Lipinski definition) is 0. The van der Waals surface area contributed by atoms with Gasteiger partial charge >= 0.3 is 0 Å². The Balaban J connectivity index is 1.87. The molecule has 0 bridgehead atoms. The average Bonchev–Trinajstić information content (AvgIpc) is 3.00. The number of aromatic nitrogens is 4. The number of rotatable bonds is 4. The monoisotopic (exact) mass is 288 g/mol. The van der Waals surface area contributed by atoms with Gasteiger partial charge in [0, 0.05) is 0 Å². The van der Waals surface area contributed by atoms with Crippen LogP contribution in [0.5, 0.6) is 0 Å². The Morgan fingerprint density at radius 1 is 1.21 bits per heavy atom. The average molecular weight is 288 g/mol. The molecule has 0 aliphatic carbocycles. The van der Waals surface area contributed by atoms with Crippen LogP contribution in [0.4, 0.5) is 0 Å². The molecule has 0 unspecified atom stereocenters. The maximum absolute atomic E-state index is 4.52. The highest BCUT2D eigenvalue weighted by molar-refractivity contribution is 7.97. The van der Waals surface area contributed by atoms with Crippen LogP contribution in [0.15, 0.2) is 30.3 Å². The van der Waals surface area contributed by atoms with Gasteiger partial charge in [0.05, 0.1) is 5.75 Å². The molecule has 0 atom stereocenters. The van der Waals surface area contributed by atoms with Crippen molar-refractivity contribution in [3.8, 4) is 0 Å². The van der Waals surface area contributed by atoms with Gasteiger partial charge < -0.3 is 0 Å². The molecule has 3 aromatic rings. The summed E-state index contributed by atoms with van der Waals surface area (Å²) < 4.78 is 1.83. The van der Waals surface area contributed by atoms with E-state index in [2.05, 4.69) is 33.5 Å². The van der Waals surface area contributed by atoms with Crippen molar-refractivity contribution in [3.63, 3.8) is 0 Å². The SMILES string of the molecule is CSCc1nnc2sc(C=Cc3ccccc3)nn12. The molecule has 0 saturated heterocycles. The highest BCUT2D eigenvalue weighted by atomic mass is 32.2. The number of benzene rings is 1. The number of thioether (sulfide) groups is 1. The summed E-state index contributed by atoms with van der Waals surface area (Å²) in [4.78, 5) is 0.844. The maximum atomic E-state index is 4.52. The van der Waals surface area contributed by atoms with E-state index in [-0.39, 0.29) is 0 Å². The predicted octanol–water partition coefficient (Wildman–Crippen LogP) is 3.22. The molecular weight excluding hydrogens is 276 g/mol. The molecule has 0 saturated carbocycles. The fourth-order valence-corrected chi connectivity index (χ4v) is 2.89. The lowest BCUT2D eigenvalue weighted by Crippen LogP contribution is -1.93. The van der Waals surface area contributed by atoms with Crippen LogP contribution >= 0.6 is 23.1 Å². The van der Waals surface area contributed by atoms with E-state index in [4.69, 9.17) is 0 Å². The summed E-state index contributed by atoms with van der Waals surface area (Å²) in [6.45, 7) is 0. The van der Waals surface area contributed by atoms with E-state index in [1.165, 1.54) is 0 Å².